The second-order valence-corrected chi connectivity index (χ2v) is 9.58. The van der Waals surface area contributed by atoms with E-state index < -0.39 is 11.9 Å². The molecule has 0 amide bonds. The van der Waals surface area contributed by atoms with Crippen LogP contribution >= 0.6 is 0 Å². The third-order valence-electron chi connectivity index (χ3n) is 7.12. The van der Waals surface area contributed by atoms with Crippen LogP contribution in [0.1, 0.15) is 43.5 Å². The van der Waals surface area contributed by atoms with Gasteiger partial charge in [-0.15, -0.1) is 0 Å². The highest BCUT2D eigenvalue weighted by Crippen LogP contribution is 2.34. The summed E-state index contributed by atoms with van der Waals surface area (Å²) in [5, 5.41) is 20.6. The molecule has 202 valence electrons. The van der Waals surface area contributed by atoms with E-state index in [0.29, 0.717) is 44.6 Å². The number of pyridine rings is 2. The summed E-state index contributed by atoms with van der Waals surface area (Å²) in [6, 6.07) is 14.2. The molecule has 7 heterocycles. The van der Waals surface area contributed by atoms with Gasteiger partial charge in [-0.05, 0) is 84.0 Å². The number of carboxylic acids is 2. The van der Waals surface area contributed by atoms with Crippen molar-refractivity contribution in [2.75, 3.05) is 0 Å². The number of fused-ring (bicyclic) bond motifs is 8. The highest BCUT2D eigenvalue weighted by Gasteiger charge is 2.21. The first-order valence-electron chi connectivity index (χ1n) is 12.9. The molecule has 0 fully saturated rings. The van der Waals surface area contributed by atoms with Crippen LogP contribution in [0.4, 0.5) is 0 Å². The first-order valence-corrected chi connectivity index (χ1v) is 12.9. The Bertz CT molecular complexity index is 1990. The molecule has 0 spiro atoms. The third kappa shape index (κ3) is 4.14. The van der Waals surface area contributed by atoms with Crippen LogP contribution in [0.5, 0.6) is 0 Å². The normalized spacial score (nSPS) is 12.0. The van der Waals surface area contributed by atoms with Crippen LogP contribution in [0.2, 0.25) is 0 Å². The molecule has 0 unspecified atom stereocenters. The van der Waals surface area contributed by atoms with Crippen LogP contribution in [-0.4, -0.2) is 52.1 Å². The lowest BCUT2D eigenvalue weighted by Crippen LogP contribution is -2.01. The Labute approximate surface area is 237 Å². The molecule has 10 nitrogen and oxygen atoms in total. The average Bonchev–Trinajstić information content (AvgIpc) is 3.80. The van der Waals surface area contributed by atoms with E-state index in [-0.39, 0.29) is 22.5 Å². The van der Waals surface area contributed by atoms with Crippen LogP contribution in [0.3, 0.4) is 0 Å². The molecule has 8 bridgehead atoms. The van der Waals surface area contributed by atoms with E-state index in [2.05, 4.69) is 19.9 Å². The molecule has 7 rings (SSSR count). The van der Waals surface area contributed by atoms with E-state index in [1.165, 1.54) is 0 Å². The summed E-state index contributed by atoms with van der Waals surface area (Å²) in [5.74, 6) is -2.27. The van der Waals surface area contributed by atoms with Crippen LogP contribution < -0.4 is 0 Å². The van der Waals surface area contributed by atoms with Crippen molar-refractivity contribution in [1.29, 1.82) is 0 Å². The Hall–Kier alpha value is -6.16. The summed E-state index contributed by atoms with van der Waals surface area (Å²) in [4.78, 5) is 49.4. The summed E-state index contributed by atoms with van der Waals surface area (Å²) in [6.07, 6.45) is 13.4. The summed E-state index contributed by atoms with van der Waals surface area (Å²) in [7, 11) is 0. The van der Waals surface area contributed by atoms with Gasteiger partial charge in [0.25, 0.3) is 0 Å². The highest BCUT2D eigenvalue weighted by molar-refractivity contribution is 6.04. The predicted molar refractivity (Wildman–Crippen MR) is 159 cm³/mol. The third-order valence-corrected chi connectivity index (χ3v) is 7.12. The van der Waals surface area contributed by atoms with E-state index in [9.17, 15) is 19.8 Å². The number of carbonyl (C=O) groups is 2. The Morgan fingerprint density at radius 2 is 0.857 bits per heavy atom. The number of H-pyrrole nitrogens is 2. The fraction of sp³-hybridized carbons (Fsp3) is 0. The van der Waals surface area contributed by atoms with Crippen LogP contribution in [0.25, 0.3) is 68.6 Å². The monoisotopic (exact) mass is 552 g/mol. The SMILES string of the molecule is O=C(O)c1c2nc(c(-c3ccncc3)c3ccc([nH]3)c(C(=O)O)c3nc(c(-c4ccncc4)c4ccc1[nH]4)C=C3)C=C2. The van der Waals surface area contributed by atoms with E-state index in [1.807, 2.05) is 24.3 Å². The van der Waals surface area contributed by atoms with Gasteiger partial charge in [0, 0.05) is 46.9 Å². The van der Waals surface area contributed by atoms with Gasteiger partial charge in [-0.25, -0.2) is 19.6 Å². The van der Waals surface area contributed by atoms with Crippen molar-refractivity contribution >= 4 is 58.3 Å². The molecule has 0 aliphatic carbocycles. The number of rotatable bonds is 4. The summed E-state index contributed by atoms with van der Waals surface area (Å²) < 4.78 is 0. The van der Waals surface area contributed by atoms with Crippen molar-refractivity contribution < 1.29 is 19.8 Å². The number of nitrogens with zero attached hydrogens (tertiary/aromatic N) is 4. The van der Waals surface area contributed by atoms with Crippen molar-refractivity contribution in [3.05, 3.63) is 107 Å². The number of aromatic carboxylic acids is 2. The molecule has 0 aromatic carbocycles. The Kier molecular flexibility index (Phi) is 5.79. The zero-order valence-electron chi connectivity index (χ0n) is 21.7. The highest BCUT2D eigenvalue weighted by atomic mass is 16.4. The molecule has 42 heavy (non-hydrogen) atoms. The molecule has 5 aromatic heterocycles. The van der Waals surface area contributed by atoms with Gasteiger partial charge in [0.2, 0.25) is 0 Å². The lowest BCUT2D eigenvalue weighted by molar-refractivity contribution is 0.0687. The van der Waals surface area contributed by atoms with Gasteiger partial charge in [-0.3, -0.25) is 9.97 Å². The van der Waals surface area contributed by atoms with Crippen LogP contribution in [-0.2, 0) is 0 Å². The maximum Gasteiger partial charge on any atom is 0.340 e. The Balaban J connectivity index is 1.70. The quantitative estimate of drug-likeness (QED) is 0.202. The second-order valence-electron chi connectivity index (χ2n) is 9.58. The Morgan fingerprint density at radius 1 is 0.500 bits per heavy atom. The minimum atomic E-state index is -1.14. The van der Waals surface area contributed by atoms with Crippen molar-refractivity contribution in [2.24, 2.45) is 0 Å². The number of aromatic nitrogens is 6. The molecule has 10 heteroatoms. The van der Waals surface area contributed by atoms with Crippen LogP contribution in [0.15, 0.2) is 73.3 Å². The first kappa shape index (κ1) is 24.9. The zero-order valence-corrected chi connectivity index (χ0v) is 21.7. The maximum atomic E-state index is 12.6. The molecule has 0 atom stereocenters. The van der Waals surface area contributed by atoms with Gasteiger partial charge < -0.3 is 20.2 Å². The summed E-state index contributed by atoms with van der Waals surface area (Å²) in [5.41, 5.74) is 6.35. The van der Waals surface area contributed by atoms with E-state index >= 15 is 0 Å². The topological polar surface area (TPSA) is 158 Å². The first-order chi connectivity index (χ1) is 20.5. The molecular weight excluding hydrogens is 532 g/mol. The van der Waals surface area contributed by atoms with Gasteiger partial charge in [0.15, 0.2) is 0 Å². The second kappa shape index (κ2) is 9.79. The molecule has 4 N–H and O–H groups in total. The number of hydrogen-bond donors (Lipinski definition) is 4. The average molecular weight is 553 g/mol. The van der Waals surface area contributed by atoms with Gasteiger partial charge in [-0.2, -0.15) is 0 Å². The Morgan fingerprint density at radius 3 is 1.24 bits per heavy atom. The molecule has 0 saturated carbocycles. The largest absolute Gasteiger partial charge is 0.478 e. The van der Waals surface area contributed by atoms with Crippen LogP contribution in [0, 0.1) is 0 Å². The van der Waals surface area contributed by atoms with E-state index in [4.69, 9.17) is 9.97 Å². The van der Waals surface area contributed by atoms with E-state index in [1.54, 1.807) is 73.4 Å². The lowest BCUT2D eigenvalue weighted by atomic mass is 10.1. The van der Waals surface area contributed by atoms with Crippen molar-refractivity contribution in [3.63, 3.8) is 0 Å². The minimum Gasteiger partial charge on any atom is -0.478 e. The molecule has 0 saturated heterocycles. The van der Waals surface area contributed by atoms with Gasteiger partial charge in [-0.1, -0.05) is 0 Å². The number of hydrogen-bond acceptors (Lipinski definition) is 6. The van der Waals surface area contributed by atoms with Gasteiger partial charge >= 0.3 is 11.9 Å². The predicted octanol–water partition coefficient (Wildman–Crippen LogP) is 6.18. The van der Waals surface area contributed by atoms with E-state index in [0.717, 1.165) is 11.1 Å². The number of carboxylic acid groups (broad SMARTS) is 2. The lowest BCUT2D eigenvalue weighted by Gasteiger charge is -2.04. The molecule has 0 radical (unpaired) electrons. The van der Waals surface area contributed by atoms with Crippen molar-refractivity contribution in [2.45, 2.75) is 0 Å². The van der Waals surface area contributed by atoms with Gasteiger partial charge in [0.1, 0.15) is 11.1 Å². The fourth-order valence-corrected chi connectivity index (χ4v) is 5.30. The standard InChI is InChI=1S/C32H20N6O4/c39-31(40)29-23-5-1-19(35-23)27(17-9-13-33-14-10-17)20-2-6-25(36-20)30(32(41)42)26-8-4-22(38-26)28(18-11-15-34-16-12-18)21-3-7-24(29)37-21/h1-16,35,38H,(H,39,40)(H,41,42). The minimum absolute atomic E-state index is 0.00702. The number of nitrogens with one attached hydrogen (secondary N) is 2. The van der Waals surface area contributed by atoms with Crippen molar-refractivity contribution in [3.8, 4) is 22.3 Å². The zero-order chi connectivity index (χ0) is 28.8. The molecule has 2 aliphatic rings. The summed E-state index contributed by atoms with van der Waals surface area (Å²) >= 11 is 0. The fourth-order valence-electron chi connectivity index (χ4n) is 5.30. The van der Waals surface area contributed by atoms with Crippen molar-refractivity contribution in [1.82, 2.24) is 29.9 Å². The summed E-state index contributed by atoms with van der Waals surface area (Å²) in [6.45, 7) is 0. The molecular formula is C32H20N6O4. The van der Waals surface area contributed by atoms with Gasteiger partial charge in [0.05, 0.1) is 33.8 Å². The maximum absolute atomic E-state index is 12.6. The smallest absolute Gasteiger partial charge is 0.340 e. The molecule has 5 aromatic rings. The number of aromatic amines is 2. The molecule has 2 aliphatic heterocycles.